The fourth-order valence-corrected chi connectivity index (χ4v) is 2.09. The zero-order valence-electron chi connectivity index (χ0n) is 8.38. The average molecular weight is 231 g/mol. The highest BCUT2D eigenvalue weighted by atomic mass is 32.1. The molecule has 0 radical (unpaired) electrons. The molecule has 0 aliphatic carbocycles. The highest BCUT2D eigenvalue weighted by Gasteiger charge is 2.04. The first-order valence-corrected chi connectivity index (χ1v) is 5.81. The van der Waals surface area contributed by atoms with Crippen LogP contribution in [0.25, 0.3) is 11.0 Å². The molecule has 0 spiro atoms. The van der Waals surface area contributed by atoms with E-state index in [9.17, 15) is 0 Å². The summed E-state index contributed by atoms with van der Waals surface area (Å²) in [6.45, 7) is 0.681. The zero-order chi connectivity index (χ0) is 10.8. The minimum absolute atomic E-state index is 0.681. The summed E-state index contributed by atoms with van der Waals surface area (Å²) in [5, 5.41) is 6.26. The largest absolute Gasteiger partial charge is 0.464 e. The summed E-state index contributed by atoms with van der Waals surface area (Å²) < 4.78 is 5.30. The molecule has 0 fully saturated rings. The predicted octanol–water partition coefficient (Wildman–Crippen LogP) is 2.90. The van der Waals surface area contributed by atoms with Crippen LogP contribution in [0.2, 0.25) is 0 Å². The molecule has 0 unspecified atom stereocenters. The fraction of sp³-hybridized carbons (Fsp3) is 0.0909. The van der Waals surface area contributed by atoms with Crippen molar-refractivity contribution >= 4 is 28.1 Å². The maximum absolute atomic E-state index is 5.30. The standard InChI is InChI=1S/C11H9N3OS/c1-3-12-11(9-2-4-15-10(1)9)13-5-8-6-16-7-14-8/h1-4,6-7H,5H2,(H,12,13). The van der Waals surface area contributed by atoms with Gasteiger partial charge in [-0.15, -0.1) is 11.3 Å². The molecule has 1 N–H and O–H groups in total. The summed E-state index contributed by atoms with van der Waals surface area (Å²) in [5.41, 5.74) is 3.69. The Morgan fingerprint density at radius 3 is 3.19 bits per heavy atom. The van der Waals surface area contributed by atoms with Crippen LogP contribution in [0.1, 0.15) is 5.69 Å². The Balaban J connectivity index is 1.86. The van der Waals surface area contributed by atoms with Crippen molar-refractivity contribution in [1.82, 2.24) is 9.97 Å². The van der Waals surface area contributed by atoms with Gasteiger partial charge >= 0.3 is 0 Å². The lowest BCUT2D eigenvalue weighted by Gasteiger charge is -2.03. The first-order chi connectivity index (χ1) is 7.93. The number of hydrogen-bond acceptors (Lipinski definition) is 5. The minimum Gasteiger partial charge on any atom is -0.464 e. The maximum atomic E-state index is 5.30. The number of furan rings is 1. The third kappa shape index (κ3) is 1.65. The predicted molar refractivity (Wildman–Crippen MR) is 63.4 cm³/mol. The van der Waals surface area contributed by atoms with Crippen molar-refractivity contribution in [3.05, 3.63) is 41.2 Å². The molecule has 0 bridgehead atoms. The summed E-state index contributed by atoms with van der Waals surface area (Å²) >= 11 is 1.59. The second-order valence-corrected chi connectivity index (χ2v) is 4.04. The topological polar surface area (TPSA) is 51.0 Å². The number of nitrogens with one attached hydrogen (secondary N) is 1. The molecule has 80 valence electrons. The van der Waals surface area contributed by atoms with Crippen LogP contribution in [0.3, 0.4) is 0 Å². The van der Waals surface area contributed by atoms with Crippen molar-refractivity contribution in [3.8, 4) is 0 Å². The molecule has 16 heavy (non-hydrogen) atoms. The van der Waals surface area contributed by atoms with E-state index in [0.29, 0.717) is 6.54 Å². The molecule has 3 rings (SSSR count). The van der Waals surface area contributed by atoms with Crippen LogP contribution in [0.5, 0.6) is 0 Å². The van der Waals surface area contributed by atoms with Gasteiger partial charge in [-0.1, -0.05) is 0 Å². The molecule has 0 aliphatic heterocycles. The number of thiazole rings is 1. The third-order valence-electron chi connectivity index (χ3n) is 2.30. The maximum Gasteiger partial charge on any atom is 0.139 e. The summed E-state index contributed by atoms with van der Waals surface area (Å²) in [4.78, 5) is 8.49. The van der Waals surface area contributed by atoms with Crippen LogP contribution in [-0.4, -0.2) is 9.97 Å². The Morgan fingerprint density at radius 1 is 1.31 bits per heavy atom. The van der Waals surface area contributed by atoms with Gasteiger partial charge in [0.25, 0.3) is 0 Å². The van der Waals surface area contributed by atoms with Crippen LogP contribution >= 0.6 is 11.3 Å². The Hall–Kier alpha value is -1.88. The van der Waals surface area contributed by atoms with E-state index in [2.05, 4.69) is 15.3 Å². The number of pyridine rings is 1. The van der Waals surface area contributed by atoms with Gasteiger partial charge in [0.05, 0.1) is 29.4 Å². The molecular weight excluding hydrogens is 222 g/mol. The van der Waals surface area contributed by atoms with E-state index in [4.69, 9.17) is 4.42 Å². The van der Waals surface area contributed by atoms with Crippen molar-refractivity contribution in [2.75, 3.05) is 5.32 Å². The number of fused-ring (bicyclic) bond motifs is 1. The van der Waals surface area contributed by atoms with Gasteiger partial charge in [-0.2, -0.15) is 0 Å². The fourth-order valence-electron chi connectivity index (χ4n) is 1.53. The van der Waals surface area contributed by atoms with Gasteiger partial charge in [0.2, 0.25) is 0 Å². The van der Waals surface area contributed by atoms with Gasteiger partial charge in [0.1, 0.15) is 11.4 Å². The summed E-state index contributed by atoms with van der Waals surface area (Å²) in [5.74, 6) is 0.833. The smallest absolute Gasteiger partial charge is 0.139 e. The van der Waals surface area contributed by atoms with Crippen LogP contribution in [0.4, 0.5) is 5.82 Å². The quantitative estimate of drug-likeness (QED) is 0.753. The molecule has 0 saturated carbocycles. The number of anilines is 1. The van der Waals surface area contributed by atoms with Gasteiger partial charge in [-0.25, -0.2) is 9.97 Å². The van der Waals surface area contributed by atoms with E-state index in [1.807, 2.05) is 23.0 Å². The Kier molecular flexibility index (Phi) is 2.30. The first-order valence-electron chi connectivity index (χ1n) is 4.86. The van der Waals surface area contributed by atoms with Gasteiger partial charge in [-0.3, -0.25) is 0 Å². The highest BCUT2D eigenvalue weighted by Crippen LogP contribution is 2.22. The lowest BCUT2D eigenvalue weighted by atomic mass is 10.3. The van der Waals surface area contributed by atoms with E-state index in [1.165, 1.54) is 0 Å². The van der Waals surface area contributed by atoms with Gasteiger partial charge < -0.3 is 9.73 Å². The zero-order valence-corrected chi connectivity index (χ0v) is 9.20. The van der Waals surface area contributed by atoms with Crippen LogP contribution in [-0.2, 0) is 6.54 Å². The van der Waals surface area contributed by atoms with E-state index >= 15 is 0 Å². The summed E-state index contributed by atoms with van der Waals surface area (Å²) in [6, 6.07) is 3.76. The number of nitrogens with zero attached hydrogens (tertiary/aromatic N) is 2. The molecule has 3 aromatic heterocycles. The van der Waals surface area contributed by atoms with Crippen LogP contribution in [0.15, 0.2) is 39.9 Å². The number of hydrogen-bond donors (Lipinski definition) is 1. The van der Waals surface area contributed by atoms with Gasteiger partial charge in [-0.05, 0) is 12.1 Å². The summed E-state index contributed by atoms with van der Waals surface area (Å²) in [7, 11) is 0. The van der Waals surface area contributed by atoms with Crippen molar-refractivity contribution in [1.29, 1.82) is 0 Å². The molecule has 3 heterocycles. The van der Waals surface area contributed by atoms with Crippen molar-refractivity contribution in [3.63, 3.8) is 0 Å². The summed E-state index contributed by atoms with van der Waals surface area (Å²) in [6.07, 6.45) is 3.40. The minimum atomic E-state index is 0.681. The Morgan fingerprint density at radius 2 is 2.31 bits per heavy atom. The lowest BCUT2D eigenvalue weighted by molar-refractivity contribution is 0.615. The average Bonchev–Trinajstić information content (AvgIpc) is 2.97. The first kappa shape index (κ1) is 9.35. The van der Waals surface area contributed by atoms with Gasteiger partial charge in [0, 0.05) is 11.6 Å². The molecule has 0 atom stereocenters. The molecule has 0 amide bonds. The molecule has 0 saturated heterocycles. The molecule has 0 aromatic carbocycles. The lowest BCUT2D eigenvalue weighted by Crippen LogP contribution is -2.01. The van der Waals surface area contributed by atoms with Crippen LogP contribution < -0.4 is 5.32 Å². The van der Waals surface area contributed by atoms with E-state index in [-0.39, 0.29) is 0 Å². The second kappa shape index (κ2) is 3.94. The van der Waals surface area contributed by atoms with Crippen molar-refractivity contribution < 1.29 is 4.42 Å². The Bertz CT molecular complexity index is 588. The number of aromatic nitrogens is 2. The van der Waals surface area contributed by atoms with E-state index in [0.717, 1.165) is 22.5 Å². The molecule has 3 aromatic rings. The van der Waals surface area contributed by atoms with E-state index in [1.54, 1.807) is 23.8 Å². The molecule has 4 nitrogen and oxygen atoms in total. The van der Waals surface area contributed by atoms with E-state index < -0.39 is 0 Å². The molecule has 5 heteroatoms. The Labute approximate surface area is 96.0 Å². The highest BCUT2D eigenvalue weighted by molar-refractivity contribution is 7.07. The van der Waals surface area contributed by atoms with Crippen molar-refractivity contribution in [2.45, 2.75) is 6.54 Å². The monoisotopic (exact) mass is 231 g/mol. The molecular formula is C11H9N3OS. The van der Waals surface area contributed by atoms with Gasteiger partial charge in [0.15, 0.2) is 0 Å². The normalized spacial score (nSPS) is 10.8. The third-order valence-corrected chi connectivity index (χ3v) is 2.94. The van der Waals surface area contributed by atoms with Crippen LogP contribution in [0, 0.1) is 0 Å². The second-order valence-electron chi connectivity index (χ2n) is 3.33. The number of rotatable bonds is 3. The SMILES string of the molecule is c1cc2occc2c(NCc2cscn2)n1. The van der Waals surface area contributed by atoms with Crippen molar-refractivity contribution in [2.24, 2.45) is 0 Å². The molecule has 0 aliphatic rings.